The minimum absolute atomic E-state index is 0.875. The summed E-state index contributed by atoms with van der Waals surface area (Å²) in [4.78, 5) is 12.0. The average molecular weight is 441 g/mol. The van der Waals surface area contributed by atoms with Crippen molar-refractivity contribution in [1.29, 1.82) is 0 Å². The Morgan fingerprint density at radius 1 is 0.800 bits per heavy atom. The van der Waals surface area contributed by atoms with Crippen LogP contribution in [-0.2, 0) is 12.8 Å². The van der Waals surface area contributed by atoms with Crippen LogP contribution in [0.25, 0.3) is 20.1 Å². The van der Waals surface area contributed by atoms with Gasteiger partial charge >= 0.3 is 0 Å². The fourth-order valence-corrected chi connectivity index (χ4v) is 7.24. The number of thiophene rings is 2. The molecule has 0 bridgehead atoms. The summed E-state index contributed by atoms with van der Waals surface area (Å²) in [5.74, 6) is 2.86. The Hall–Kier alpha value is -1.26. The largest absolute Gasteiger partial charge is 0.236 e. The highest BCUT2D eigenvalue weighted by Crippen LogP contribution is 2.39. The summed E-state index contributed by atoms with van der Waals surface area (Å²) in [5, 5.41) is 0. The van der Waals surface area contributed by atoms with Crippen molar-refractivity contribution in [3.63, 3.8) is 0 Å². The first-order valence-electron chi connectivity index (χ1n) is 12.1. The summed E-state index contributed by atoms with van der Waals surface area (Å²) < 4.78 is 2.82. The zero-order valence-corrected chi connectivity index (χ0v) is 20.3. The molecule has 0 atom stereocenters. The van der Waals surface area contributed by atoms with Crippen LogP contribution in [0.5, 0.6) is 0 Å². The van der Waals surface area contributed by atoms with Crippen LogP contribution in [0, 0.1) is 11.8 Å². The molecular formula is C26H36N2S2. The van der Waals surface area contributed by atoms with Gasteiger partial charge in [0.1, 0.15) is 0 Å². The zero-order chi connectivity index (χ0) is 20.8. The maximum absolute atomic E-state index is 4.60. The first kappa shape index (κ1) is 22.0. The maximum Gasteiger partial charge on any atom is 0.169 e. The van der Waals surface area contributed by atoms with Gasteiger partial charge < -0.3 is 0 Å². The first-order valence-corrected chi connectivity index (χ1v) is 13.7. The number of rotatable bonds is 10. The van der Waals surface area contributed by atoms with Gasteiger partial charge in [-0.3, -0.25) is 0 Å². The van der Waals surface area contributed by atoms with Crippen LogP contribution in [0.2, 0.25) is 0 Å². The van der Waals surface area contributed by atoms with Crippen LogP contribution in [0.15, 0.2) is 24.5 Å². The monoisotopic (exact) mass is 440 g/mol. The molecule has 2 nitrogen and oxygen atoms in total. The molecule has 1 fully saturated rings. The molecule has 0 spiro atoms. The topological polar surface area (TPSA) is 25.8 Å². The Morgan fingerprint density at radius 2 is 1.50 bits per heavy atom. The number of aromatic nitrogens is 2. The van der Waals surface area contributed by atoms with E-state index in [9.17, 15) is 0 Å². The molecule has 4 rings (SSSR count). The van der Waals surface area contributed by atoms with Crippen molar-refractivity contribution < 1.29 is 0 Å². The number of nitrogens with zero attached hydrogens (tertiary/aromatic N) is 2. The van der Waals surface area contributed by atoms with E-state index in [1.54, 1.807) is 4.88 Å². The van der Waals surface area contributed by atoms with E-state index in [0.717, 1.165) is 30.5 Å². The van der Waals surface area contributed by atoms with Crippen LogP contribution in [0.1, 0.15) is 88.5 Å². The second-order valence-corrected chi connectivity index (χ2v) is 11.4. The van der Waals surface area contributed by atoms with Crippen LogP contribution in [0.4, 0.5) is 0 Å². The fraction of sp³-hybridized carbons (Fsp3) is 0.615. The van der Waals surface area contributed by atoms with Crippen molar-refractivity contribution in [2.45, 2.75) is 90.9 Å². The average Bonchev–Trinajstić information content (AvgIpc) is 3.33. The predicted octanol–water partition coefficient (Wildman–Crippen LogP) is 8.69. The molecule has 0 amide bonds. The maximum atomic E-state index is 4.60. The lowest BCUT2D eigenvalue weighted by atomic mass is 9.78. The van der Waals surface area contributed by atoms with Gasteiger partial charge in [0.05, 0.1) is 4.88 Å². The molecule has 0 saturated heterocycles. The highest BCUT2D eigenvalue weighted by atomic mass is 32.1. The smallest absolute Gasteiger partial charge is 0.169 e. The van der Waals surface area contributed by atoms with Gasteiger partial charge in [-0.1, -0.05) is 71.6 Å². The van der Waals surface area contributed by atoms with Crippen LogP contribution in [0.3, 0.4) is 0 Å². The summed E-state index contributed by atoms with van der Waals surface area (Å²) in [6.07, 6.45) is 20.4. The molecule has 0 unspecified atom stereocenters. The van der Waals surface area contributed by atoms with E-state index in [2.05, 4.69) is 35.9 Å². The first-order chi connectivity index (χ1) is 14.7. The molecule has 30 heavy (non-hydrogen) atoms. The molecule has 1 aliphatic rings. The zero-order valence-electron chi connectivity index (χ0n) is 18.7. The molecular weight excluding hydrogens is 404 g/mol. The Bertz CT molecular complexity index is 869. The standard InChI is InChI=1S/C26H36N2S2/c1-3-5-6-8-19-9-11-20(12-10-19)13-14-22-15-23-24(29-22)16-25(30-23)26-27-17-21(7-4-2)18-28-26/h15-20H,3-14H2,1-2H3/t19-,20-. The van der Waals surface area contributed by atoms with Gasteiger partial charge in [-0.15, -0.1) is 22.7 Å². The Labute approximate surface area is 190 Å². The minimum Gasteiger partial charge on any atom is -0.236 e. The highest BCUT2D eigenvalue weighted by molar-refractivity contribution is 7.29. The molecule has 0 aliphatic heterocycles. The third kappa shape index (κ3) is 5.70. The van der Waals surface area contributed by atoms with Gasteiger partial charge in [-0.2, -0.15) is 0 Å². The van der Waals surface area contributed by atoms with Crippen molar-refractivity contribution in [2.75, 3.05) is 0 Å². The van der Waals surface area contributed by atoms with Gasteiger partial charge in [0.2, 0.25) is 0 Å². The molecule has 0 radical (unpaired) electrons. The van der Waals surface area contributed by atoms with E-state index in [0.29, 0.717) is 0 Å². The van der Waals surface area contributed by atoms with Crippen LogP contribution < -0.4 is 0 Å². The van der Waals surface area contributed by atoms with Crippen LogP contribution in [-0.4, -0.2) is 9.97 Å². The van der Waals surface area contributed by atoms with Gasteiger partial charge in [0.15, 0.2) is 5.82 Å². The van der Waals surface area contributed by atoms with E-state index in [-0.39, 0.29) is 0 Å². The lowest BCUT2D eigenvalue weighted by Gasteiger charge is -2.28. The third-order valence-electron chi connectivity index (χ3n) is 6.70. The molecule has 0 N–H and O–H groups in total. The van der Waals surface area contributed by atoms with Gasteiger partial charge in [0, 0.05) is 26.7 Å². The molecule has 0 aromatic carbocycles. The normalized spacial score (nSPS) is 19.5. The molecule has 1 saturated carbocycles. The summed E-state index contributed by atoms with van der Waals surface area (Å²) in [7, 11) is 0. The number of hydrogen-bond donors (Lipinski definition) is 0. The second-order valence-electron chi connectivity index (χ2n) is 9.14. The number of aryl methyl sites for hydroxylation is 2. The van der Waals surface area contributed by atoms with Gasteiger partial charge in [0.25, 0.3) is 0 Å². The molecule has 162 valence electrons. The fourth-order valence-electron chi connectivity index (χ4n) is 4.86. The van der Waals surface area contributed by atoms with Crippen molar-refractivity contribution in [3.05, 3.63) is 35.0 Å². The van der Waals surface area contributed by atoms with E-state index in [1.165, 1.54) is 84.0 Å². The van der Waals surface area contributed by atoms with Crippen molar-refractivity contribution in [2.24, 2.45) is 11.8 Å². The molecule has 3 aromatic rings. The van der Waals surface area contributed by atoms with Gasteiger partial charge in [-0.25, -0.2) is 9.97 Å². The summed E-state index contributed by atoms with van der Waals surface area (Å²) in [6, 6.07) is 4.72. The van der Waals surface area contributed by atoms with Crippen molar-refractivity contribution >= 4 is 32.1 Å². The highest BCUT2D eigenvalue weighted by Gasteiger charge is 2.21. The summed E-state index contributed by atoms with van der Waals surface area (Å²) >= 11 is 3.83. The Balaban J connectivity index is 1.27. The summed E-state index contributed by atoms with van der Waals surface area (Å²) in [6.45, 7) is 4.50. The Kier molecular flexibility index (Phi) is 7.95. The van der Waals surface area contributed by atoms with E-state index in [1.807, 2.05) is 35.1 Å². The SMILES string of the molecule is CCCCC[C@H]1CC[C@H](CCc2cc3sc(-c4ncc(CCC)cn4)cc3s2)CC1. The molecule has 1 aliphatic carbocycles. The minimum atomic E-state index is 0.875. The van der Waals surface area contributed by atoms with E-state index < -0.39 is 0 Å². The number of unbranched alkanes of at least 4 members (excludes halogenated alkanes) is 2. The van der Waals surface area contributed by atoms with E-state index in [4.69, 9.17) is 0 Å². The summed E-state index contributed by atoms with van der Waals surface area (Å²) in [5.41, 5.74) is 1.23. The predicted molar refractivity (Wildman–Crippen MR) is 133 cm³/mol. The lowest BCUT2D eigenvalue weighted by molar-refractivity contribution is 0.249. The second kappa shape index (κ2) is 10.9. The molecule has 3 heterocycles. The quantitative estimate of drug-likeness (QED) is 0.295. The number of fused-ring (bicyclic) bond motifs is 1. The van der Waals surface area contributed by atoms with Crippen molar-refractivity contribution in [3.8, 4) is 10.7 Å². The third-order valence-corrected chi connectivity index (χ3v) is 9.05. The van der Waals surface area contributed by atoms with Crippen LogP contribution >= 0.6 is 22.7 Å². The van der Waals surface area contributed by atoms with Gasteiger partial charge in [-0.05, 0) is 48.8 Å². The van der Waals surface area contributed by atoms with Crippen molar-refractivity contribution in [1.82, 2.24) is 9.97 Å². The molecule has 4 heteroatoms. The lowest BCUT2D eigenvalue weighted by Crippen LogP contribution is -2.15. The molecule has 3 aromatic heterocycles. The number of hydrogen-bond acceptors (Lipinski definition) is 4. The Morgan fingerprint density at radius 3 is 2.17 bits per heavy atom. The van der Waals surface area contributed by atoms with E-state index >= 15 is 0 Å².